The summed E-state index contributed by atoms with van der Waals surface area (Å²) >= 11 is 0. The summed E-state index contributed by atoms with van der Waals surface area (Å²) in [4.78, 5) is 4.53. The normalized spacial score (nSPS) is 16.1. The third-order valence-electron chi connectivity index (χ3n) is 3.20. The van der Waals surface area contributed by atoms with Gasteiger partial charge in [-0.2, -0.15) is 0 Å². The molecule has 0 saturated carbocycles. The molecule has 17 heavy (non-hydrogen) atoms. The number of piperidine rings is 1. The maximum absolute atomic E-state index is 4.53. The van der Waals surface area contributed by atoms with E-state index >= 15 is 0 Å². The number of halogens is 2. The fourth-order valence-corrected chi connectivity index (χ4v) is 2.28. The molecule has 1 aromatic rings. The molecule has 1 N–H and O–H groups in total. The highest BCUT2D eigenvalue weighted by atomic mass is 35.5. The third kappa shape index (κ3) is 4.49. The average molecular weight is 280 g/mol. The molecular formula is C12H23Cl2N3. The van der Waals surface area contributed by atoms with Crippen molar-refractivity contribution in [2.45, 2.75) is 45.1 Å². The first-order chi connectivity index (χ1) is 7.42. The van der Waals surface area contributed by atoms with Gasteiger partial charge in [-0.25, -0.2) is 4.98 Å². The van der Waals surface area contributed by atoms with Crippen LogP contribution in [0.25, 0.3) is 0 Å². The lowest BCUT2D eigenvalue weighted by atomic mass is 9.97. The van der Waals surface area contributed by atoms with Gasteiger partial charge in [-0.1, -0.05) is 13.3 Å². The van der Waals surface area contributed by atoms with Gasteiger partial charge < -0.3 is 9.88 Å². The number of imidazole rings is 1. The summed E-state index contributed by atoms with van der Waals surface area (Å²) in [5.41, 5.74) is 0. The monoisotopic (exact) mass is 279 g/mol. The first-order valence-electron chi connectivity index (χ1n) is 6.13. The Hall–Kier alpha value is -0.250. The molecule has 0 radical (unpaired) electrons. The number of nitrogens with one attached hydrogen (secondary N) is 1. The van der Waals surface area contributed by atoms with Crippen LogP contribution in [0.5, 0.6) is 0 Å². The number of aromatic nitrogens is 2. The number of rotatable bonds is 4. The van der Waals surface area contributed by atoms with Crippen LogP contribution < -0.4 is 5.32 Å². The predicted octanol–water partition coefficient (Wildman–Crippen LogP) is 2.99. The van der Waals surface area contributed by atoms with Crippen LogP contribution in [0.3, 0.4) is 0 Å². The number of unbranched alkanes of at least 4 members (excludes halogenated alkanes) is 1. The second-order valence-corrected chi connectivity index (χ2v) is 4.36. The van der Waals surface area contributed by atoms with Crippen LogP contribution in [-0.2, 0) is 6.54 Å². The second kappa shape index (κ2) is 8.78. The Morgan fingerprint density at radius 3 is 2.71 bits per heavy atom. The number of aryl methyl sites for hydroxylation is 1. The summed E-state index contributed by atoms with van der Waals surface area (Å²) in [5, 5.41) is 3.40. The van der Waals surface area contributed by atoms with Gasteiger partial charge in [0.15, 0.2) is 0 Å². The van der Waals surface area contributed by atoms with E-state index in [1.165, 1.54) is 31.5 Å². The first-order valence-corrected chi connectivity index (χ1v) is 6.13. The van der Waals surface area contributed by atoms with Gasteiger partial charge in [-0.05, 0) is 32.4 Å². The maximum Gasteiger partial charge on any atom is 0.111 e. The van der Waals surface area contributed by atoms with Gasteiger partial charge >= 0.3 is 0 Å². The highest BCUT2D eigenvalue weighted by Gasteiger charge is 2.19. The van der Waals surface area contributed by atoms with E-state index in [-0.39, 0.29) is 24.8 Å². The molecule has 5 heteroatoms. The molecule has 1 aliphatic rings. The summed E-state index contributed by atoms with van der Waals surface area (Å²) < 4.78 is 2.35. The van der Waals surface area contributed by atoms with E-state index < -0.39 is 0 Å². The van der Waals surface area contributed by atoms with Gasteiger partial charge in [0.1, 0.15) is 5.82 Å². The van der Waals surface area contributed by atoms with Crippen molar-refractivity contribution >= 4 is 24.8 Å². The molecule has 1 fully saturated rings. The predicted molar refractivity (Wildman–Crippen MR) is 76.5 cm³/mol. The van der Waals surface area contributed by atoms with Crippen molar-refractivity contribution in [3.63, 3.8) is 0 Å². The smallest absolute Gasteiger partial charge is 0.111 e. The minimum absolute atomic E-state index is 0. The van der Waals surface area contributed by atoms with Crippen molar-refractivity contribution in [1.82, 2.24) is 14.9 Å². The van der Waals surface area contributed by atoms with E-state index in [4.69, 9.17) is 0 Å². The SMILES string of the molecule is CCCCn1ccnc1C1CCNCC1.Cl.Cl. The van der Waals surface area contributed by atoms with Crippen molar-refractivity contribution in [2.75, 3.05) is 13.1 Å². The Morgan fingerprint density at radius 2 is 2.06 bits per heavy atom. The molecule has 1 saturated heterocycles. The van der Waals surface area contributed by atoms with Crippen molar-refractivity contribution < 1.29 is 0 Å². The molecule has 0 atom stereocenters. The molecule has 0 aromatic carbocycles. The fraction of sp³-hybridized carbons (Fsp3) is 0.750. The van der Waals surface area contributed by atoms with Crippen LogP contribution >= 0.6 is 24.8 Å². The standard InChI is InChI=1S/C12H21N3.2ClH/c1-2-3-9-15-10-8-14-12(15)11-4-6-13-7-5-11;;/h8,10-11,13H,2-7,9H2,1H3;2*1H. The van der Waals surface area contributed by atoms with Crippen molar-refractivity contribution in [1.29, 1.82) is 0 Å². The van der Waals surface area contributed by atoms with Crippen LogP contribution in [-0.4, -0.2) is 22.6 Å². The van der Waals surface area contributed by atoms with E-state index in [0.717, 1.165) is 19.6 Å². The molecule has 0 spiro atoms. The lowest BCUT2D eigenvalue weighted by Gasteiger charge is -2.23. The van der Waals surface area contributed by atoms with Gasteiger partial charge in [0.2, 0.25) is 0 Å². The zero-order valence-corrected chi connectivity index (χ0v) is 12.0. The molecular weight excluding hydrogens is 257 g/mol. The first kappa shape index (κ1) is 16.8. The topological polar surface area (TPSA) is 29.9 Å². The molecule has 1 aromatic heterocycles. The summed E-state index contributed by atoms with van der Waals surface area (Å²) in [6.45, 7) is 5.66. The van der Waals surface area contributed by atoms with Crippen molar-refractivity contribution in [3.05, 3.63) is 18.2 Å². The zero-order valence-electron chi connectivity index (χ0n) is 10.4. The Balaban J connectivity index is 0.00000128. The summed E-state index contributed by atoms with van der Waals surface area (Å²) in [5.74, 6) is 1.99. The summed E-state index contributed by atoms with van der Waals surface area (Å²) in [7, 11) is 0. The second-order valence-electron chi connectivity index (χ2n) is 4.36. The van der Waals surface area contributed by atoms with Gasteiger partial charge in [-0.15, -0.1) is 24.8 Å². The van der Waals surface area contributed by atoms with E-state index in [2.05, 4.69) is 28.0 Å². The molecule has 0 bridgehead atoms. The highest BCUT2D eigenvalue weighted by Crippen LogP contribution is 2.23. The van der Waals surface area contributed by atoms with E-state index in [9.17, 15) is 0 Å². The van der Waals surface area contributed by atoms with Crippen LogP contribution in [0.4, 0.5) is 0 Å². The lowest BCUT2D eigenvalue weighted by molar-refractivity contribution is 0.427. The summed E-state index contributed by atoms with van der Waals surface area (Å²) in [6, 6.07) is 0. The third-order valence-corrected chi connectivity index (χ3v) is 3.20. The Labute approximate surface area is 116 Å². The molecule has 100 valence electrons. The van der Waals surface area contributed by atoms with E-state index in [0.29, 0.717) is 5.92 Å². The Bertz CT molecular complexity index is 296. The van der Waals surface area contributed by atoms with Crippen molar-refractivity contribution in [2.24, 2.45) is 0 Å². The molecule has 2 rings (SSSR count). The van der Waals surface area contributed by atoms with Crippen LogP contribution in [0, 0.1) is 0 Å². The molecule has 0 amide bonds. The maximum atomic E-state index is 4.53. The van der Waals surface area contributed by atoms with Gasteiger partial charge in [0.25, 0.3) is 0 Å². The molecule has 2 heterocycles. The molecule has 3 nitrogen and oxygen atoms in total. The van der Waals surface area contributed by atoms with Crippen LogP contribution in [0.1, 0.15) is 44.3 Å². The molecule has 0 unspecified atom stereocenters. The van der Waals surface area contributed by atoms with E-state index in [1.54, 1.807) is 0 Å². The zero-order chi connectivity index (χ0) is 10.5. The minimum Gasteiger partial charge on any atom is -0.335 e. The van der Waals surface area contributed by atoms with E-state index in [1.807, 2.05) is 6.20 Å². The molecule has 0 aliphatic carbocycles. The quantitative estimate of drug-likeness (QED) is 0.919. The van der Waals surface area contributed by atoms with Gasteiger partial charge in [-0.3, -0.25) is 0 Å². The largest absolute Gasteiger partial charge is 0.335 e. The Kier molecular flexibility index (Phi) is 8.66. The summed E-state index contributed by atoms with van der Waals surface area (Å²) in [6.07, 6.45) is 9.07. The highest BCUT2D eigenvalue weighted by molar-refractivity contribution is 5.85. The number of hydrogen-bond donors (Lipinski definition) is 1. The number of hydrogen-bond acceptors (Lipinski definition) is 2. The minimum atomic E-state index is 0. The van der Waals surface area contributed by atoms with Crippen molar-refractivity contribution in [3.8, 4) is 0 Å². The van der Waals surface area contributed by atoms with Gasteiger partial charge in [0.05, 0.1) is 0 Å². The fourth-order valence-electron chi connectivity index (χ4n) is 2.28. The average Bonchev–Trinajstić information content (AvgIpc) is 2.75. The van der Waals surface area contributed by atoms with Crippen LogP contribution in [0.2, 0.25) is 0 Å². The Morgan fingerprint density at radius 1 is 1.35 bits per heavy atom. The lowest BCUT2D eigenvalue weighted by Crippen LogP contribution is -2.28. The van der Waals surface area contributed by atoms with Crippen LogP contribution in [0.15, 0.2) is 12.4 Å². The number of nitrogens with zero attached hydrogens (tertiary/aromatic N) is 2. The molecule has 1 aliphatic heterocycles. The van der Waals surface area contributed by atoms with Gasteiger partial charge in [0, 0.05) is 24.9 Å².